The molecule has 0 saturated heterocycles. The Morgan fingerprint density at radius 3 is 3.00 bits per heavy atom. The number of benzene rings is 1. The second kappa shape index (κ2) is 6.37. The number of aliphatic hydroxyl groups is 1. The number of aliphatic hydroxyl groups excluding tert-OH is 1. The lowest BCUT2D eigenvalue weighted by Gasteiger charge is -2.21. The summed E-state index contributed by atoms with van der Waals surface area (Å²) in [5, 5.41) is 13.4. The van der Waals surface area contributed by atoms with E-state index >= 15 is 0 Å². The van der Waals surface area contributed by atoms with E-state index in [9.17, 15) is 9.50 Å². The van der Waals surface area contributed by atoms with Gasteiger partial charge in [0.25, 0.3) is 0 Å². The van der Waals surface area contributed by atoms with E-state index < -0.39 is 11.9 Å². The van der Waals surface area contributed by atoms with E-state index in [2.05, 4.69) is 10.3 Å². The highest BCUT2D eigenvalue weighted by atomic mass is 35.5. The number of hydrogen-bond acceptors (Lipinski definition) is 5. The monoisotopic (exact) mass is 324 g/mol. The Balaban J connectivity index is 1.74. The molecule has 2 N–H and O–H groups in total. The van der Waals surface area contributed by atoms with Crippen LogP contribution in [0.5, 0.6) is 11.5 Å². The standard InChI is InChI=1S/C15H14ClFN2O3/c16-10-6-9(7-13-14(10)22-5-4-21-13)12(20)8-19-15-11(17)2-1-3-18-15/h1-3,6-7,12,20H,4-5,8H2,(H,18,19)/t12-/m0/s1. The maximum Gasteiger partial charge on any atom is 0.179 e. The van der Waals surface area contributed by atoms with Gasteiger partial charge in [0.1, 0.15) is 13.2 Å². The number of anilines is 1. The number of nitrogens with zero attached hydrogens (tertiary/aromatic N) is 1. The third kappa shape index (κ3) is 3.08. The molecule has 0 aliphatic carbocycles. The van der Waals surface area contributed by atoms with Crippen molar-refractivity contribution in [3.8, 4) is 11.5 Å². The van der Waals surface area contributed by atoms with E-state index in [4.69, 9.17) is 21.1 Å². The molecule has 0 amide bonds. The number of aromatic nitrogens is 1. The first kappa shape index (κ1) is 14.9. The van der Waals surface area contributed by atoms with Gasteiger partial charge in [-0.25, -0.2) is 9.37 Å². The second-order valence-corrected chi connectivity index (χ2v) is 5.16. The van der Waals surface area contributed by atoms with Crippen LogP contribution in [0.1, 0.15) is 11.7 Å². The zero-order valence-corrected chi connectivity index (χ0v) is 12.3. The van der Waals surface area contributed by atoms with Crippen molar-refractivity contribution in [1.29, 1.82) is 0 Å². The average molecular weight is 325 g/mol. The Morgan fingerprint density at radius 1 is 1.36 bits per heavy atom. The van der Waals surface area contributed by atoms with Crippen molar-refractivity contribution in [3.05, 3.63) is 46.9 Å². The van der Waals surface area contributed by atoms with Crippen molar-refractivity contribution in [3.63, 3.8) is 0 Å². The molecule has 1 atom stereocenters. The molecule has 1 aliphatic rings. The van der Waals surface area contributed by atoms with Crippen molar-refractivity contribution in [2.75, 3.05) is 25.1 Å². The van der Waals surface area contributed by atoms with Gasteiger partial charge in [0, 0.05) is 12.7 Å². The molecule has 5 nitrogen and oxygen atoms in total. The molecule has 1 aromatic carbocycles. The van der Waals surface area contributed by atoms with Crippen LogP contribution in [-0.2, 0) is 0 Å². The van der Waals surface area contributed by atoms with Gasteiger partial charge in [0.05, 0.1) is 11.1 Å². The number of halogens is 2. The fourth-order valence-corrected chi connectivity index (χ4v) is 2.42. The molecule has 1 aliphatic heterocycles. The summed E-state index contributed by atoms with van der Waals surface area (Å²) in [5.74, 6) is 0.588. The van der Waals surface area contributed by atoms with Crippen LogP contribution in [0.25, 0.3) is 0 Å². The molecule has 0 bridgehead atoms. The largest absolute Gasteiger partial charge is 0.486 e. The Morgan fingerprint density at radius 2 is 2.18 bits per heavy atom. The Labute approximate surface area is 131 Å². The number of ether oxygens (including phenoxy) is 2. The number of nitrogens with one attached hydrogen (secondary N) is 1. The van der Waals surface area contributed by atoms with Crippen LogP contribution in [0.15, 0.2) is 30.5 Å². The quantitative estimate of drug-likeness (QED) is 0.905. The summed E-state index contributed by atoms with van der Waals surface area (Å²) in [6.07, 6.45) is 0.577. The fraction of sp³-hybridized carbons (Fsp3) is 0.267. The number of hydrogen-bond donors (Lipinski definition) is 2. The highest BCUT2D eigenvalue weighted by Gasteiger charge is 2.19. The second-order valence-electron chi connectivity index (χ2n) is 4.76. The van der Waals surface area contributed by atoms with Crippen LogP contribution in [-0.4, -0.2) is 29.8 Å². The fourth-order valence-electron chi connectivity index (χ4n) is 2.15. The summed E-state index contributed by atoms with van der Waals surface area (Å²) >= 11 is 6.12. The van der Waals surface area contributed by atoms with Crippen LogP contribution in [0, 0.1) is 5.82 Å². The van der Waals surface area contributed by atoms with Gasteiger partial charge in [-0.3, -0.25) is 0 Å². The van der Waals surface area contributed by atoms with E-state index in [1.165, 1.54) is 18.3 Å². The minimum Gasteiger partial charge on any atom is -0.486 e. The molecule has 0 radical (unpaired) electrons. The number of pyridine rings is 1. The Hall–Kier alpha value is -2.05. The van der Waals surface area contributed by atoms with Crippen LogP contribution in [0.2, 0.25) is 5.02 Å². The first-order valence-electron chi connectivity index (χ1n) is 6.76. The maximum atomic E-state index is 13.5. The van der Waals surface area contributed by atoms with Gasteiger partial charge < -0.3 is 19.9 Å². The molecule has 3 rings (SSSR count). The first-order valence-corrected chi connectivity index (χ1v) is 7.14. The van der Waals surface area contributed by atoms with Crippen LogP contribution >= 0.6 is 11.6 Å². The molecular weight excluding hydrogens is 311 g/mol. The number of fused-ring (bicyclic) bond motifs is 1. The third-order valence-electron chi connectivity index (χ3n) is 3.23. The molecule has 116 valence electrons. The highest BCUT2D eigenvalue weighted by Crippen LogP contribution is 2.39. The lowest BCUT2D eigenvalue weighted by molar-refractivity contribution is 0.167. The molecule has 2 heterocycles. The highest BCUT2D eigenvalue weighted by molar-refractivity contribution is 6.32. The van der Waals surface area contributed by atoms with Gasteiger partial charge >= 0.3 is 0 Å². The van der Waals surface area contributed by atoms with E-state index in [1.54, 1.807) is 12.1 Å². The molecule has 1 aromatic heterocycles. The molecule has 0 fully saturated rings. The average Bonchev–Trinajstić information content (AvgIpc) is 2.54. The minimum atomic E-state index is -0.894. The molecule has 7 heteroatoms. The lowest BCUT2D eigenvalue weighted by atomic mass is 10.1. The summed E-state index contributed by atoms with van der Waals surface area (Å²) in [4.78, 5) is 3.86. The molecule has 0 unspecified atom stereocenters. The van der Waals surface area contributed by atoms with Crippen molar-refractivity contribution >= 4 is 17.4 Å². The predicted octanol–water partition coefficient (Wildman–Crippen LogP) is 2.79. The van der Waals surface area contributed by atoms with Gasteiger partial charge in [0.2, 0.25) is 0 Å². The number of rotatable bonds is 4. The summed E-state index contributed by atoms with van der Waals surface area (Å²) in [7, 11) is 0. The zero-order valence-electron chi connectivity index (χ0n) is 11.6. The topological polar surface area (TPSA) is 63.6 Å². The van der Waals surface area contributed by atoms with E-state index in [0.717, 1.165) is 0 Å². The van der Waals surface area contributed by atoms with Gasteiger partial charge in [-0.05, 0) is 29.8 Å². The molecule has 0 spiro atoms. The van der Waals surface area contributed by atoms with Gasteiger partial charge in [-0.2, -0.15) is 0 Å². The van der Waals surface area contributed by atoms with Crippen molar-refractivity contribution in [2.45, 2.75) is 6.10 Å². The molecular formula is C15H14ClFN2O3. The predicted molar refractivity (Wildman–Crippen MR) is 80.1 cm³/mol. The SMILES string of the molecule is O[C@@H](CNc1ncccc1F)c1cc(Cl)c2c(c1)OCCO2. The Kier molecular flexibility index (Phi) is 4.31. The summed E-state index contributed by atoms with van der Waals surface area (Å²) in [5.41, 5.74) is 0.554. The van der Waals surface area contributed by atoms with E-state index in [1.807, 2.05) is 0 Å². The van der Waals surface area contributed by atoms with Gasteiger partial charge in [-0.1, -0.05) is 11.6 Å². The van der Waals surface area contributed by atoms with E-state index in [0.29, 0.717) is 35.3 Å². The first-order chi connectivity index (χ1) is 10.6. The smallest absolute Gasteiger partial charge is 0.179 e. The minimum absolute atomic E-state index is 0.0872. The maximum absolute atomic E-state index is 13.5. The third-order valence-corrected chi connectivity index (χ3v) is 3.51. The molecule has 0 saturated carbocycles. The molecule has 22 heavy (non-hydrogen) atoms. The summed E-state index contributed by atoms with van der Waals surface area (Å²) in [6.45, 7) is 0.958. The lowest BCUT2D eigenvalue weighted by Crippen LogP contribution is -2.17. The normalized spacial score (nSPS) is 14.5. The zero-order chi connectivity index (χ0) is 15.5. The summed E-state index contributed by atoms with van der Waals surface area (Å²) in [6, 6.07) is 6.07. The molecule has 2 aromatic rings. The van der Waals surface area contributed by atoms with E-state index in [-0.39, 0.29) is 12.4 Å². The van der Waals surface area contributed by atoms with Crippen molar-refractivity contribution in [1.82, 2.24) is 4.98 Å². The van der Waals surface area contributed by atoms with Crippen LogP contribution in [0.3, 0.4) is 0 Å². The van der Waals surface area contributed by atoms with Gasteiger partial charge in [0.15, 0.2) is 23.1 Å². The van der Waals surface area contributed by atoms with Crippen LogP contribution in [0.4, 0.5) is 10.2 Å². The van der Waals surface area contributed by atoms with Crippen molar-refractivity contribution in [2.24, 2.45) is 0 Å². The Bertz CT molecular complexity index is 684. The van der Waals surface area contributed by atoms with Crippen molar-refractivity contribution < 1.29 is 19.0 Å². The van der Waals surface area contributed by atoms with Crippen LogP contribution < -0.4 is 14.8 Å². The van der Waals surface area contributed by atoms with Gasteiger partial charge in [-0.15, -0.1) is 0 Å². The summed E-state index contributed by atoms with van der Waals surface area (Å²) < 4.78 is 24.4.